The van der Waals surface area contributed by atoms with E-state index in [0.29, 0.717) is 36.6 Å². The monoisotopic (exact) mass is 863 g/mol. The van der Waals surface area contributed by atoms with E-state index in [1.54, 1.807) is 70.5 Å². The van der Waals surface area contributed by atoms with Gasteiger partial charge in [0, 0.05) is 70.2 Å². The number of urea groups is 1. The molecule has 1 fully saturated rings. The number of hydrogen-bond donors (Lipinski definition) is 4. The number of likely N-dealkylation sites (tertiary alicyclic amines) is 1. The maximum atomic E-state index is 14.5. The number of benzene rings is 2. The lowest BCUT2D eigenvalue weighted by Gasteiger charge is -2.33. The number of aryl methyl sites for hydroxylation is 2. The van der Waals surface area contributed by atoms with Crippen LogP contribution in [0.3, 0.4) is 0 Å². The fourth-order valence-corrected chi connectivity index (χ4v) is 7.28. The molecule has 3 atom stereocenters. The first-order valence-corrected chi connectivity index (χ1v) is 21.3. The van der Waals surface area contributed by atoms with Gasteiger partial charge in [0.2, 0.25) is 29.6 Å². The molecule has 336 valence electrons. The summed E-state index contributed by atoms with van der Waals surface area (Å²) in [6, 6.07) is 15.0. The number of likely N-dealkylation sites (N-methyl/N-ethyl adjacent to an activating group) is 1. The molecular formula is C46H61N11O6. The average molecular weight is 864 g/mol. The zero-order chi connectivity index (χ0) is 46.0. The zero-order valence-electron chi connectivity index (χ0n) is 37.8. The fraction of sp³-hybridized carbons (Fsp3) is 0.457. The van der Waals surface area contributed by atoms with E-state index in [1.807, 2.05) is 70.2 Å². The zero-order valence-corrected chi connectivity index (χ0v) is 37.8. The van der Waals surface area contributed by atoms with Gasteiger partial charge >= 0.3 is 6.03 Å². The van der Waals surface area contributed by atoms with Crippen molar-refractivity contribution in [2.75, 3.05) is 51.1 Å². The Bertz CT molecular complexity index is 2210. The van der Waals surface area contributed by atoms with Crippen molar-refractivity contribution >= 4 is 59.1 Å². The number of aliphatic imine (C=N–C) groups is 2. The summed E-state index contributed by atoms with van der Waals surface area (Å²) in [6.07, 6.45) is 4.79. The van der Waals surface area contributed by atoms with Crippen molar-refractivity contribution in [2.45, 2.75) is 90.9 Å². The molecule has 7 amide bonds. The molecule has 0 aliphatic carbocycles. The van der Waals surface area contributed by atoms with Crippen LogP contribution in [0.2, 0.25) is 0 Å². The molecule has 3 heterocycles. The summed E-state index contributed by atoms with van der Waals surface area (Å²) in [5.41, 5.74) is 2.46. The summed E-state index contributed by atoms with van der Waals surface area (Å²) in [5.74, 6) is -2.18. The molecule has 3 aromatic rings. The van der Waals surface area contributed by atoms with Crippen LogP contribution in [-0.2, 0) is 25.6 Å². The molecule has 2 aliphatic rings. The molecule has 63 heavy (non-hydrogen) atoms. The van der Waals surface area contributed by atoms with Crippen LogP contribution in [0.5, 0.6) is 0 Å². The van der Waals surface area contributed by atoms with Gasteiger partial charge in [0.1, 0.15) is 30.3 Å². The van der Waals surface area contributed by atoms with Gasteiger partial charge in [-0.2, -0.15) is 0 Å². The lowest BCUT2D eigenvalue weighted by atomic mass is 9.98. The highest BCUT2D eigenvalue weighted by molar-refractivity contribution is 6.02. The van der Waals surface area contributed by atoms with Crippen molar-refractivity contribution in [3.63, 3.8) is 0 Å². The van der Waals surface area contributed by atoms with E-state index in [0.717, 1.165) is 16.8 Å². The molecule has 17 nitrogen and oxygen atoms in total. The van der Waals surface area contributed by atoms with Crippen molar-refractivity contribution in [1.29, 1.82) is 0 Å². The number of amides is 7. The van der Waals surface area contributed by atoms with Crippen molar-refractivity contribution < 1.29 is 28.8 Å². The van der Waals surface area contributed by atoms with Gasteiger partial charge in [-0.15, -0.1) is 0 Å². The quantitative estimate of drug-likeness (QED) is 0.198. The summed E-state index contributed by atoms with van der Waals surface area (Å²) in [5, 5.41) is 11.7. The molecule has 1 saturated heterocycles. The Morgan fingerprint density at radius 1 is 0.952 bits per heavy atom. The van der Waals surface area contributed by atoms with Crippen molar-refractivity contribution in [1.82, 2.24) is 35.6 Å². The predicted molar refractivity (Wildman–Crippen MR) is 244 cm³/mol. The van der Waals surface area contributed by atoms with Crippen LogP contribution < -0.4 is 26.2 Å². The third kappa shape index (κ3) is 12.3. The number of pyridine rings is 1. The number of rotatable bonds is 13. The molecule has 0 spiro atoms. The Kier molecular flexibility index (Phi) is 15.8. The summed E-state index contributed by atoms with van der Waals surface area (Å²) < 4.78 is 0. The largest absolute Gasteiger partial charge is 0.347 e. The van der Waals surface area contributed by atoms with Crippen LogP contribution in [0, 0.1) is 19.8 Å². The Balaban J connectivity index is 1.33. The first kappa shape index (κ1) is 47.4. The molecule has 0 saturated carbocycles. The maximum Gasteiger partial charge on any atom is 0.325 e. The predicted octanol–water partition coefficient (Wildman–Crippen LogP) is 3.91. The number of anilines is 2. The first-order valence-electron chi connectivity index (χ1n) is 21.3. The SMILES string of the molecule is Cc1ccc(NC2=NCN(C)C(=O)N(c3cc(C(=O)N[C@@H](Cc4ccccc4)C(=O)N4CCC[C@H]4C(=O)NC(C)(C)C(=O)N[C@H](C(=O)N(C)C)C(C)C)ccc3C)CCC=N2)cn1. The maximum absolute atomic E-state index is 14.5. The van der Waals surface area contributed by atoms with E-state index in [-0.39, 0.29) is 49.6 Å². The van der Waals surface area contributed by atoms with Crippen molar-refractivity contribution in [3.05, 3.63) is 89.2 Å². The average Bonchev–Trinajstić information content (AvgIpc) is 3.75. The van der Waals surface area contributed by atoms with Gasteiger partial charge in [0.05, 0.1) is 11.9 Å². The van der Waals surface area contributed by atoms with Gasteiger partial charge in [0.25, 0.3) is 5.91 Å². The lowest BCUT2D eigenvalue weighted by molar-refractivity contribution is -0.142. The minimum absolute atomic E-state index is 0.00733. The van der Waals surface area contributed by atoms with E-state index in [2.05, 4.69) is 36.2 Å². The molecule has 0 unspecified atom stereocenters. The van der Waals surface area contributed by atoms with E-state index < -0.39 is 47.3 Å². The smallest absolute Gasteiger partial charge is 0.325 e. The van der Waals surface area contributed by atoms with E-state index in [9.17, 15) is 28.8 Å². The van der Waals surface area contributed by atoms with Crippen LogP contribution in [0.15, 0.2) is 76.8 Å². The highest BCUT2D eigenvalue weighted by atomic mass is 16.2. The van der Waals surface area contributed by atoms with E-state index in [1.165, 1.54) is 14.7 Å². The molecule has 2 aliphatic heterocycles. The summed E-state index contributed by atoms with van der Waals surface area (Å²) in [7, 11) is 4.86. The Hall–Kier alpha value is -6.65. The number of carbonyl (C=O) groups excluding carboxylic acids is 6. The number of hydrogen-bond acceptors (Lipinski definition) is 10. The summed E-state index contributed by atoms with van der Waals surface area (Å²) in [6.45, 7) is 11.0. The van der Waals surface area contributed by atoms with Gasteiger partial charge in [-0.25, -0.2) is 14.8 Å². The molecule has 4 N–H and O–H groups in total. The fourth-order valence-electron chi connectivity index (χ4n) is 7.28. The van der Waals surface area contributed by atoms with Gasteiger partial charge in [-0.3, -0.25) is 33.9 Å². The van der Waals surface area contributed by atoms with Crippen LogP contribution in [0.1, 0.15) is 74.1 Å². The second-order valence-corrected chi connectivity index (χ2v) is 17.1. The minimum atomic E-state index is -1.42. The molecule has 1 aromatic heterocycles. The third-order valence-corrected chi connectivity index (χ3v) is 11.0. The van der Waals surface area contributed by atoms with E-state index in [4.69, 9.17) is 0 Å². The Labute approximate surface area is 369 Å². The van der Waals surface area contributed by atoms with Crippen LogP contribution >= 0.6 is 0 Å². The summed E-state index contributed by atoms with van der Waals surface area (Å²) in [4.78, 5) is 102. The molecule has 5 rings (SSSR count). The van der Waals surface area contributed by atoms with Gasteiger partial charge < -0.3 is 36.0 Å². The second kappa shape index (κ2) is 20.9. The van der Waals surface area contributed by atoms with Crippen LogP contribution in [0.25, 0.3) is 0 Å². The van der Waals surface area contributed by atoms with E-state index >= 15 is 0 Å². The number of guanidine groups is 1. The van der Waals surface area contributed by atoms with Gasteiger partial charge in [-0.1, -0.05) is 50.2 Å². The second-order valence-electron chi connectivity index (χ2n) is 17.1. The lowest BCUT2D eigenvalue weighted by Crippen LogP contribution is -2.62. The normalized spacial score (nSPS) is 16.8. The number of nitrogens with one attached hydrogen (secondary N) is 4. The molecule has 2 aromatic carbocycles. The third-order valence-electron chi connectivity index (χ3n) is 11.0. The molecular weight excluding hydrogens is 803 g/mol. The number of carbonyl (C=O) groups is 6. The van der Waals surface area contributed by atoms with Gasteiger partial charge in [-0.05, 0) is 81.8 Å². The van der Waals surface area contributed by atoms with Gasteiger partial charge in [0.15, 0.2) is 0 Å². The summed E-state index contributed by atoms with van der Waals surface area (Å²) >= 11 is 0. The Morgan fingerprint density at radius 3 is 2.35 bits per heavy atom. The number of nitrogens with zero attached hydrogens (tertiary/aromatic N) is 7. The molecule has 0 bridgehead atoms. The molecule has 17 heteroatoms. The Morgan fingerprint density at radius 2 is 1.68 bits per heavy atom. The standard InChI is InChI=1S/C46H61N11O6/c1-29(2)38(42(61)54(7)8)52-43(62)46(5,6)53-40(59)36-17-13-23-56(36)41(60)35(25-32-15-11-10-12-16-32)51-39(58)33-20-18-30(3)37(26-33)57-24-14-22-47-44(49-28-55(9)45(57)63)50-34-21-19-31(4)48-27-34/h10-12,15-16,18-22,26-27,29,35-36,38H,13-14,17,23-25,28H2,1-9H3,(H,49,50)(H,51,58)(H,52,62)(H,53,59)/t35-,36-,38-/m0/s1. The highest BCUT2D eigenvalue weighted by Gasteiger charge is 2.41. The van der Waals surface area contributed by atoms with Crippen molar-refractivity contribution in [3.8, 4) is 0 Å². The van der Waals surface area contributed by atoms with Crippen LogP contribution in [-0.4, -0.2) is 132 Å². The first-order chi connectivity index (χ1) is 29.9. The molecule has 0 radical (unpaired) electrons. The van der Waals surface area contributed by atoms with Crippen LogP contribution in [0.4, 0.5) is 16.2 Å². The van der Waals surface area contributed by atoms with Crippen molar-refractivity contribution in [2.24, 2.45) is 15.9 Å². The highest BCUT2D eigenvalue weighted by Crippen LogP contribution is 2.25. The number of aromatic nitrogens is 1. The topological polar surface area (TPSA) is 201 Å². The minimum Gasteiger partial charge on any atom is -0.347 e.